The Morgan fingerprint density at radius 1 is 0.844 bits per heavy atom. The molecule has 0 bridgehead atoms. The molecular formula is C21H40N2O9. The third kappa shape index (κ3) is 18.8. The van der Waals surface area contributed by atoms with Crippen molar-refractivity contribution in [3.8, 4) is 0 Å². The van der Waals surface area contributed by atoms with Crippen LogP contribution < -0.4 is 10.6 Å². The van der Waals surface area contributed by atoms with Crippen LogP contribution in [0.25, 0.3) is 0 Å². The summed E-state index contributed by atoms with van der Waals surface area (Å²) in [6.45, 7) is 8.27. The number of hydrogen-bond acceptors (Lipinski definition) is 9. The minimum absolute atomic E-state index is 0.0569. The molecule has 0 rings (SSSR count). The van der Waals surface area contributed by atoms with Gasteiger partial charge in [-0.05, 0) is 40.0 Å². The van der Waals surface area contributed by atoms with E-state index in [9.17, 15) is 14.4 Å². The molecule has 11 heteroatoms. The maximum atomic E-state index is 11.9. The Balaban J connectivity index is 3.80. The van der Waals surface area contributed by atoms with Crippen LogP contribution in [-0.4, -0.2) is 96.6 Å². The molecule has 11 nitrogen and oxygen atoms in total. The molecule has 0 heterocycles. The van der Waals surface area contributed by atoms with Gasteiger partial charge in [-0.25, -0.2) is 9.59 Å². The van der Waals surface area contributed by atoms with Gasteiger partial charge in [0, 0.05) is 13.7 Å². The number of rotatable bonds is 18. The van der Waals surface area contributed by atoms with Crippen molar-refractivity contribution in [3.63, 3.8) is 0 Å². The lowest BCUT2D eigenvalue weighted by atomic mass is 10.1. The largest absolute Gasteiger partial charge is 0.467 e. The molecular weight excluding hydrogens is 424 g/mol. The summed E-state index contributed by atoms with van der Waals surface area (Å²) >= 11 is 0. The predicted octanol–water partition coefficient (Wildman–Crippen LogP) is 1.04. The van der Waals surface area contributed by atoms with E-state index in [1.807, 2.05) is 0 Å². The monoisotopic (exact) mass is 464 g/mol. The second-order valence-electron chi connectivity index (χ2n) is 7.84. The SMILES string of the molecule is COCCOCCOCCOCC(=O)NCCCC[C@H](NC(=O)OC(C)(C)C)C(=O)OC. The van der Waals surface area contributed by atoms with Crippen LogP contribution in [0.3, 0.4) is 0 Å². The van der Waals surface area contributed by atoms with Gasteiger partial charge in [-0.3, -0.25) is 4.79 Å². The fraction of sp³-hybridized carbons (Fsp3) is 0.857. The van der Waals surface area contributed by atoms with Crippen LogP contribution in [0.2, 0.25) is 0 Å². The zero-order valence-corrected chi connectivity index (χ0v) is 20.0. The number of amides is 2. The average Bonchev–Trinajstić information content (AvgIpc) is 2.72. The number of carbonyl (C=O) groups is 3. The third-order valence-corrected chi connectivity index (χ3v) is 3.83. The first-order valence-corrected chi connectivity index (χ1v) is 10.8. The molecule has 188 valence electrons. The number of nitrogens with one attached hydrogen (secondary N) is 2. The fourth-order valence-electron chi connectivity index (χ4n) is 2.34. The summed E-state index contributed by atoms with van der Waals surface area (Å²) in [5.41, 5.74) is -0.665. The van der Waals surface area contributed by atoms with Crippen molar-refractivity contribution in [1.29, 1.82) is 0 Å². The fourth-order valence-corrected chi connectivity index (χ4v) is 2.34. The van der Waals surface area contributed by atoms with Crippen LogP contribution in [0.4, 0.5) is 4.79 Å². The smallest absolute Gasteiger partial charge is 0.408 e. The Bertz CT molecular complexity index is 524. The van der Waals surface area contributed by atoms with Gasteiger partial charge in [-0.15, -0.1) is 0 Å². The van der Waals surface area contributed by atoms with E-state index in [2.05, 4.69) is 10.6 Å². The molecule has 0 saturated carbocycles. The molecule has 2 N–H and O–H groups in total. The molecule has 0 fully saturated rings. The van der Waals surface area contributed by atoms with E-state index >= 15 is 0 Å². The van der Waals surface area contributed by atoms with Crippen molar-refractivity contribution in [3.05, 3.63) is 0 Å². The summed E-state index contributed by atoms with van der Waals surface area (Å²) in [4.78, 5) is 35.5. The van der Waals surface area contributed by atoms with Gasteiger partial charge in [0.2, 0.25) is 5.91 Å². The molecule has 0 spiro atoms. The minimum Gasteiger partial charge on any atom is -0.467 e. The van der Waals surface area contributed by atoms with E-state index in [0.717, 1.165) is 0 Å². The first-order chi connectivity index (χ1) is 15.2. The van der Waals surface area contributed by atoms with E-state index in [4.69, 9.17) is 28.4 Å². The molecule has 0 aliphatic carbocycles. The molecule has 0 aromatic heterocycles. The van der Waals surface area contributed by atoms with Gasteiger partial charge in [-0.1, -0.05) is 0 Å². The summed E-state index contributed by atoms with van der Waals surface area (Å²) in [6, 6.07) is -0.806. The first kappa shape index (κ1) is 30.0. The van der Waals surface area contributed by atoms with Gasteiger partial charge in [0.1, 0.15) is 18.2 Å². The maximum absolute atomic E-state index is 11.9. The van der Waals surface area contributed by atoms with Crippen molar-refractivity contribution in [2.75, 3.05) is 67.0 Å². The highest BCUT2D eigenvalue weighted by atomic mass is 16.6. The predicted molar refractivity (Wildman–Crippen MR) is 116 cm³/mol. The van der Waals surface area contributed by atoms with E-state index < -0.39 is 23.7 Å². The Labute approximate surface area is 190 Å². The summed E-state index contributed by atoms with van der Waals surface area (Å²) < 4.78 is 30.5. The summed E-state index contributed by atoms with van der Waals surface area (Å²) in [5.74, 6) is -0.777. The first-order valence-electron chi connectivity index (χ1n) is 10.8. The summed E-state index contributed by atoms with van der Waals surface area (Å²) in [5, 5.41) is 5.25. The number of ether oxygens (including phenoxy) is 6. The quantitative estimate of drug-likeness (QED) is 0.226. The van der Waals surface area contributed by atoms with Gasteiger partial charge in [0.05, 0.1) is 46.8 Å². The number of hydrogen-bond donors (Lipinski definition) is 2. The van der Waals surface area contributed by atoms with Gasteiger partial charge in [0.25, 0.3) is 0 Å². The van der Waals surface area contributed by atoms with Gasteiger partial charge in [0.15, 0.2) is 0 Å². The van der Waals surface area contributed by atoms with E-state index in [1.54, 1.807) is 27.9 Å². The standard InChI is InChI=1S/C21H40N2O9/c1-21(2,3)32-20(26)23-17(19(25)28-5)8-6-7-9-22-18(24)16-31-15-14-30-13-12-29-11-10-27-4/h17H,6-16H2,1-5H3,(H,22,24)(H,23,26)/t17-/m0/s1. The summed E-state index contributed by atoms with van der Waals surface area (Å²) in [6.07, 6.45) is 0.907. The number of esters is 1. The van der Waals surface area contributed by atoms with Crippen molar-refractivity contribution in [2.45, 2.75) is 51.7 Å². The molecule has 2 amide bonds. The average molecular weight is 465 g/mol. The molecule has 0 saturated heterocycles. The van der Waals surface area contributed by atoms with Gasteiger partial charge < -0.3 is 39.1 Å². The normalized spacial score (nSPS) is 12.2. The van der Waals surface area contributed by atoms with Crippen molar-refractivity contribution in [1.82, 2.24) is 10.6 Å². The van der Waals surface area contributed by atoms with Crippen molar-refractivity contribution < 1.29 is 42.8 Å². The highest BCUT2D eigenvalue weighted by Crippen LogP contribution is 2.09. The number of carbonyl (C=O) groups excluding carboxylic acids is 3. The Morgan fingerprint density at radius 2 is 1.44 bits per heavy atom. The molecule has 0 radical (unpaired) electrons. The summed E-state index contributed by atoms with van der Waals surface area (Å²) in [7, 11) is 2.87. The molecule has 0 aromatic rings. The van der Waals surface area contributed by atoms with Gasteiger partial charge >= 0.3 is 12.1 Å². The lowest BCUT2D eigenvalue weighted by Crippen LogP contribution is -2.44. The highest BCUT2D eigenvalue weighted by molar-refractivity contribution is 5.81. The zero-order chi connectivity index (χ0) is 24.2. The van der Waals surface area contributed by atoms with Crippen LogP contribution >= 0.6 is 0 Å². The second kappa shape index (κ2) is 18.6. The van der Waals surface area contributed by atoms with E-state index in [0.29, 0.717) is 65.4 Å². The van der Waals surface area contributed by atoms with E-state index in [-0.39, 0.29) is 12.5 Å². The number of alkyl carbamates (subject to hydrolysis) is 1. The molecule has 0 aliphatic rings. The molecule has 0 aliphatic heterocycles. The molecule has 32 heavy (non-hydrogen) atoms. The highest BCUT2D eigenvalue weighted by Gasteiger charge is 2.24. The van der Waals surface area contributed by atoms with Crippen LogP contribution in [0.15, 0.2) is 0 Å². The molecule has 0 aromatic carbocycles. The van der Waals surface area contributed by atoms with Crippen molar-refractivity contribution >= 4 is 18.0 Å². The van der Waals surface area contributed by atoms with Crippen LogP contribution in [-0.2, 0) is 38.0 Å². The zero-order valence-electron chi connectivity index (χ0n) is 20.0. The maximum Gasteiger partial charge on any atom is 0.408 e. The Kier molecular flexibility index (Phi) is 17.5. The topological polar surface area (TPSA) is 131 Å². The van der Waals surface area contributed by atoms with Gasteiger partial charge in [-0.2, -0.15) is 0 Å². The Morgan fingerprint density at radius 3 is 2.00 bits per heavy atom. The number of methoxy groups -OCH3 is 2. The molecule has 0 unspecified atom stereocenters. The third-order valence-electron chi connectivity index (χ3n) is 3.83. The lowest BCUT2D eigenvalue weighted by Gasteiger charge is -2.22. The van der Waals surface area contributed by atoms with Crippen molar-refractivity contribution in [2.24, 2.45) is 0 Å². The minimum atomic E-state index is -0.806. The lowest BCUT2D eigenvalue weighted by molar-refractivity contribution is -0.143. The second-order valence-corrected chi connectivity index (χ2v) is 7.84. The van der Waals surface area contributed by atoms with Crippen LogP contribution in [0.5, 0.6) is 0 Å². The van der Waals surface area contributed by atoms with Crippen LogP contribution in [0, 0.1) is 0 Å². The van der Waals surface area contributed by atoms with E-state index in [1.165, 1.54) is 7.11 Å². The molecule has 1 atom stereocenters. The Hall–Kier alpha value is -1.95. The number of unbranched alkanes of at least 4 members (excludes halogenated alkanes) is 1. The van der Waals surface area contributed by atoms with Crippen LogP contribution in [0.1, 0.15) is 40.0 Å².